The summed E-state index contributed by atoms with van der Waals surface area (Å²) in [7, 11) is 1.47. The van der Waals surface area contributed by atoms with E-state index in [2.05, 4.69) is 41.7 Å². The number of hydrogen-bond acceptors (Lipinski definition) is 5. The Balaban J connectivity index is 1.38. The van der Waals surface area contributed by atoms with Gasteiger partial charge in [0.1, 0.15) is 18.2 Å². The zero-order valence-corrected chi connectivity index (χ0v) is 25.1. The molecule has 0 fully saturated rings. The number of pyridine rings is 1. The van der Waals surface area contributed by atoms with Crippen molar-refractivity contribution >= 4 is 40.0 Å². The van der Waals surface area contributed by atoms with Crippen LogP contribution in [0, 0.1) is 6.92 Å². The molecule has 2 heterocycles. The van der Waals surface area contributed by atoms with Crippen LogP contribution in [-0.4, -0.2) is 40.4 Å². The molecule has 220 valence electrons. The molecule has 2 aromatic heterocycles. The summed E-state index contributed by atoms with van der Waals surface area (Å²) < 4.78 is 6.65. The summed E-state index contributed by atoms with van der Waals surface area (Å²) in [5.41, 5.74) is 5.45. The lowest BCUT2D eigenvalue weighted by Gasteiger charge is -2.14. The number of ether oxygens (including phenoxy) is 1. The molecule has 9 nitrogen and oxygen atoms in total. The Labute approximate surface area is 251 Å². The van der Waals surface area contributed by atoms with Gasteiger partial charge in [0.15, 0.2) is 0 Å². The lowest BCUT2D eigenvalue weighted by Crippen LogP contribution is -2.21. The molecule has 0 atom stereocenters. The summed E-state index contributed by atoms with van der Waals surface area (Å²) in [6.45, 7) is 8.28. The molecule has 0 saturated carbocycles. The number of fused-ring (bicyclic) bond motifs is 1. The molecular weight excluding hydrogens is 540 g/mol. The monoisotopic (exact) mass is 576 g/mol. The molecule has 3 amide bonds. The molecule has 0 unspecified atom stereocenters. The highest BCUT2D eigenvalue weighted by Crippen LogP contribution is 2.30. The molecule has 3 aromatic carbocycles. The predicted octanol–water partition coefficient (Wildman–Crippen LogP) is 6.85. The molecule has 0 spiro atoms. The summed E-state index contributed by atoms with van der Waals surface area (Å²) in [6.07, 6.45) is 2.29. The molecule has 5 rings (SSSR count). The van der Waals surface area contributed by atoms with Crippen molar-refractivity contribution < 1.29 is 14.3 Å². The quantitative estimate of drug-likeness (QED) is 0.187. The lowest BCUT2D eigenvalue weighted by molar-refractivity contribution is -0.119. The Kier molecular flexibility index (Phi) is 8.54. The normalized spacial score (nSPS) is 11.4. The molecule has 3 N–H and O–H groups in total. The largest absolute Gasteiger partial charge is 0.375 e. The SMILES string of the molecule is COCC(=O)Nc1cc(Cc2ccc(NC(=O)Nc3cc(C(C)(C)C)nn3-c3ccc(C)cc3)c3ccccc23)ccn1. The van der Waals surface area contributed by atoms with E-state index >= 15 is 0 Å². The number of benzene rings is 3. The second-order valence-electron chi connectivity index (χ2n) is 11.5. The van der Waals surface area contributed by atoms with Crippen LogP contribution in [0.15, 0.2) is 85.1 Å². The number of carbonyl (C=O) groups is 2. The highest BCUT2D eigenvalue weighted by Gasteiger charge is 2.22. The summed E-state index contributed by atoms with van der Waals surface area (Å²) in [6, 6.07) is 25.2. The summed E-state index contributed by atoms with van der Waals surface area (Å²) in [5.74, 6) is 0.791. The van der Waals surface area contributed by atoms with Gasteiger partial charge < -0.3 is 15.4 Å². The van der Waals surface area contributed by atoms with Crippen molar-refractivity contribution in [3.8, 4) is 5.69 Å². The van der Waals surface area contributed by atoms with Crippen LogP contribution < -0.4 is 16.0 Å². The maximum atomic E-state index is 13.4. The number of amides is 3. The number of carbonyl (C=O) groups excluding carboxylic acids is 2. The van der Waals surface area contributed by atoms with Crippen molar-refractivity contribution in [2.45, 2.75) is 39.5 Å². The molecule has 0 saturated heterocycles. The van der Waals surface area contributed by atoms with Crippen molar-refractivity contribution in [1.82, 2.24) is 14.8 Å². The van der Waals surface area contributed by atoms with Gasteiger partial charge in [-0.1, -0.05) is 68.8 Å². The minimum absolute atomic E-state index is 0.0371. The first kappa shape index (κ1) is 29.5. The van der Waals surface area contributed by atoms with Gasteiger partial charge in [0.05, 0.1) is 17.1 Å². The number of nitrogens with zero attached hydrogens (tertiary/aromatic N) is 3. The van der Waals surface area contributed by atoms with Crippen molar-refractivity contribution in [3.05, 3.63) is 107 Å². The minimum Gasteiger partial charge on any atom is -0.375 e. The van der Waals surface area contributed by atoms with E-state index in [0.29, 0.717) is 23.7 Å². The van der Waals surface area contributed by atoms with Crippen LogP contribution in [0.1, 0.15) is 43.2 Å². The Morgan fingerprint density at radius 3 is 2.35 bits per heavy atom. The number of anilines is 3. The number of rotatable bonds is 8. The molecule has 0 aliphatic rings. The van der Waals surface area contributed by atoms with E-state index in [4.69, 9.17) is 9.84 Å². The van der Waals surface area contributed by atoms with Gasteiger partial charge in [0.25, 0.3) is 5.91 Å². The van der Waals surface area contributed by atoms with E-state index in [1.165, 1.54) is 7.11 Å². The zero-order valence-electron chi connectivity index (χ0n) is 25.1. The number of aryl methyl sites for hydroxylation is 1. The molecule has 0 radical (unpaired) electrons. The average molecular weight is 577 g/mol. The van der Waals surface area contributed by atoms with Gasteiger partial charge in [-0.15, -0.1) is 0 Å². The number of methoxy groups -OCH3 is 1. The van der Waals surface area contributed by atoms with Gasteiger partial charge in [-0.25, -0.2) is 14.5 Å². The van der Waals surface area contributed by atoms with Crippen molar-refractivity contribution in [2.24, 2.45) is 0 Å². The predicted molar refractivity (Wildman–Crippen MR) is 171 cm³/mol. The second kappa shape index (κ2) is 12.5. The highest BCUT2D eigenvalue weighted by atomic mass is 16.5. The van der Waals surface area contributed by atoms with Gasteiger partial charge in [-0.3, -0.25) is 10.1 Å². The number of nitrogens with one attached hydrogen (secondary N) is 3. The third-order valence-electron chi connectivity index (χ3n) is 7.02. The van der Waals surface area contributed by atoms with Crippen molar-refractivity contribution in [1.29, 1.82) is 0 Å². The fourth-order valence-corrected chi connectivity index (χ4v) is 4.80. The molecule has 0 aliphatic carbocycles. The van der Waals surface area contributed by atoms with Crippen LogP contribution in [0.3, 0.4) is 0 Å². The Morgan fingerprint density at radius 1 is 0.884 bits per heavy atom. The van der Waals surface area contributed by atoms with E-state index < -0.39 is 0 Å². The van der Waals surface area contributed by atoms with Crippen molar-refractivity contribution in [3.63, 3.8) is 0 Å². The summed E-state index contributed by atoms with van der Waals surface area (Å²) in [5, 5.41) is 15.6. The van der Waals surface area contributed by atoms with E-state index in [1.807, 2.05) is 85.8 Å². The third kappa shape index (κ3) is 7.07. The van der Waals surface area contributed by atoms with Crippen LogP contribution in [-0.2, 0) is 21.4 Å². The number of hydrogen-bond donors (Lipinski definition) is 3. The van der Waals surface area contributed by atoms with Crippen LogP contribution in [0.25, 0.3) is 16.5 Å². The molecule has 5 aromatic rings. The summed E-state index contributed by atoms with van der Waals surface area (Å²) in [4.78, 5) is 29.5. The molecule has 43 heavy (non-hydrogen) atoms. The fourth-order valence-electron chi connectivity index (χ4n) is 4.80. The van der Waals surface area contributed by atoms with Gasteiger partial charge in [0.2, 0.25) is 0 Å². The minimum atomic E-state index is -0.364. The van der Waals surface area contributed by atoms with E-state index in [9.17, 15) is 9.59 Å². The first-order valence-electron chi connectivity index (χ1n) is 14.1. The average Bonchev–Trinajstić information content (AvgIpc) is 3.39. The first-order valence-corrected chi connectivity index (χ1v) is 14.1. The van der Waals surface area contributed by atoms with Crippen LogP contribution in [0.4, 0.5) is 22.1 Å². The topological polar surface area (TPSA) is 110 Å². The molecule has 0 aliphatic heterocycles. The van der Waals surface area contributed by atoms with E-state index in [0.717, 1.165) is 38.8 Å². The Bertz CT molecular complexity index is 1770. The fraction of sp³-hybridized carbons (Fsp3) is 0.235. The Morgan fingerprint density at radius 2 is 1.63 bits per heavy atom. The van der Waals surface area contributed by atoms with Gasteiger partial charge in [-0.05, 0) is 60.2 Å². The van der Waals surface area contributed by atoms with Crippen molar-refractivity contribution in [2.75, 3.05) is 29.7 Å². The van der Waals surface area contributed by atoms with Gasteiger partial charge in [-0.2, -0.15) is 5.10 Å². The number of aromatic nitrogens is 3. The molecular formula is C34H36N6O3. The Hall–Kier alpha value is -5.02. The van der Waals surface area contributed by atoms with Crippen LogP contribution in [0.2, 0.25) is 0 Å². The highest BCUT2D eigenvalue weighted by molar-refractivity contribution is 6.06. The van der Waals surface area contributed by atoms with E-state index in [-0.39, 0.29) is 24.0 Å². The van der Waals surface area contributed by atoms with Gasteiger partial charge in [0, 0.05) is 30.2 Å². The zero-order chi connectivity index (χ0) is 30.6. The van der Waals surface area contributed by atoms with Crippen LogP contribution in [0.5, 0.6) is 0 Å². The van der Waals surface area contributed by atoms with Gasteiger partial charge >= 0.3 is 6.03 Å². The molecule has 0 bridgehead atoms. The van der Waals surface area contributed by atoms with Crippen LogP contribution >= 0.6 is 0 Å². The lowest BCUT2D eigenvalue weighted by atomic mass is 9.92. The smallest absolute Gasteiger partial charge is 0.324 e. The maximum absolute atomic E-state index is 13.4. The van der Waals surface area contributed by atoms with E-state index in [1.54, 1.807) is 10.9 Å². The maximum Gasteiger partial charge on any atom is 0.324 e. The summed E-state index contributed by atoms with van der Waals surface area (Å²) >= 11 is 0. The third-order valence-corrected chi connectivity index (χ3v) is 7.02. The standard InChI is InChI=1S/C34H36N6O3/c1-22-10-13-25(14-11-22)40-31(20-29(39-40)34(2,3)4)38-33(42)36-28-15-12-24(26-8-6-7-9-27(26)28)18-23-16-17-35-30(19-23)37-32(41)21-43-5/h6-17,19-20H,18,21H2,1-5H3,(H,35,37,41)(H2,36,38,42). The first-order chi connectivity index (χ1) is 20.6. The number of urea groups is 1. The molecule has 9 heteroatoms. The second-order valence-corrected chi connectivity index (χ2v) is 11.5.